The van der Waals surface area contributed by atoms with Crippen LogP contribution in [-0.2, 0) is 16.6 Å². The number of ether oxygens (including phenoxy) is 1. The van der Waals surface area contributed by atoms with E-state index in [1.807, 2.05) is 62.4 Å². The van der Waals surface area contributed by atoms with Crippen molar-refractivity contribution in [2.24, 2.45) is 5.41 Å². The molecule has 0 saturated carbocycles. The van der Waals surface area contributed by atoms with Gasteiger partial charge in [0.05, 0.1) is 27.4 Å². The summed E-state index contributed by atoms with van der Waals surface area (Å²) in [4.78, 5) is 25.0. The third kappa shape index (κ3) is 8.69. The Morgan fingerprint density at radius 2 is 1.62 bits per heavy atom. The average Bonchev–Trinajstić information content (AvgIpc) is 3.01. The van der Waals surface area contributed by atoms with Crippen molar-refractivity contribution in [2.45, 2.75) is 58.5 Å². The van der Waals surface area contributed by atoms with Crippen molar-refractivity contribution < 1.29 is 23.1 Å². The molecule has 5 rings (SSSR count). The fourth-order valence-electron chi connectivity index (χ4n) is 5.44. The molecule has 47 heavy (non-hydrogen) atoms. The molecule has 0 aliphatic heterocycles. The quantitative estimate of drug-likeness (QED) is 0.133. The Labute approximate surface area is 275 Å². The van der Waals surface area contributed by atoms with E-state index >= 15 is 0 Å². The SMILES string of the molecule is Cc1cccc(C)c1-c1cc(OC[C@@H](CC(C)(C)C)NCc2ccc3ccccc3n2)nc(NS(=O)(=O)c2cccc(C(=O)O)c2)n1. The van der Waals surface area contributed by atoms with Gasteiger partial charge < -0.3 is 15.2 Å². The number of aromatic carboxylic acids is 1. The van der Waals surface area contributed by atoms with Gasteiger partial charge in [0.1, 0.15) is 6.61 Å². The second kappa shape index (κ2) is 13.9. The smallest absolute Gasteiger partial charge is 0.335 e. The van der Waals surface area contributed by atoms with Crippen LogP contribution < -0.4 is 14.8 Å². The van der Waals surface area contributed by atoms with Crippen LogP contribution in [0, 0.1) is 19.3 Å². The third-order valence-electron chi connectivity index (χ3n) is 7.58. The number of nitrogens with zero attached hydrogens (tertiary/aromatic N) is 3. The lowest BCUT2D eigenvalue weighted by atomic mass is 9.88. The number of carbonyl (C=O) groups is 1. The number of pyridine rings is 1. The number of para-hydroxylation sites is 1. The van der Waals surface area contributed by atoms with E-state index in [1.165, 1.54) is 18.2 Å². The molecular formula is C36H39N5O5S. The summed E-state index contributed by atoms with van der Waals surface area (Å²) in [5.41, 5.74) is 4.89. The number of carboxylic acid groups (broad SMARTS) is 1. The lowest BCUT2D eigenvalue weighted by molar-refractivity contribution is 0.0696. The minimum atomic E-state index is -4.23. The molecular weight excluding hydrogens is 614 g/mol. The maximum atomic E-state index is 13.4. The lowest BCUT2D eigenvalue weighted by Gasteiger charge is -2.27. The van der Waals surface area contributed by atoms with Gasteiger partial charge in [0.25, 0.3) is 10.0 Å². The summed E-state index contributed by atoms with van der Waals surface area (Å²) >= 11 is 0. The Hall–Kier alpha value is -4.87. The number of rotatable bonds is 12. The minimum absolute atomic E-state index is 0.0157. The molecule has 0 aliphatic carbocycles. The van der Waals surface area contributed by atoms with Crippen LogP contribution in [0.5, 0.6) is 5.88 Å². The van der Waals surface area contributed by atoms with E-state index in [-0.39, 0.29) is 40.4 Å². The number of nitrogens with one attached hydrogen (secondary N) is 2. The number of aromatic nitrogens is 3. The predicted octanol–water partition coefficient (Wildman–Crippen LogP) is 6.78. The molecule has 0 fully saturated rings. The van der Waals surface area contributed by atoms with Crippen LogP contribution in [0.15, 0.2) is 89.8 Å². The van der Waals surface area contributed by atoms with Crippen LogP contribution in [0.3, 0.4) is 0 Å². The van der Waals surface area contributed by atoms with Gasteiger partial charge in [0.2, 0.25) is 11.8 Å². The third-order valence-corrected chi connectivity index (χ3v) is 8.90. The number of benzene rings is 3. The van der Waals surface area contributed by atoms with Crippen LogP contribution in [0.25, 0.3) is 22.2 Å². The molecule has 3 aromatic carbocycles. The van der Waals surface area contributed by atoms with Crippen molar-refractivity contribution in [3.63, 3.8) is 0 Å². The molecule has 0 amide bonds. The van der Waals surface area contributed by atoms with Gasteiger partial charge in [-0.25, -0.2) is 22.9 Å². The van der Waals surface area contributed by atoms with Crippen LogP contribution in [0.1, 0.15) is 54.4 Å². The number of hydrogen-bond acceptors (Lipinski definition) is 8. The fraction of sp³-hybridized carbons (Fsp3) is 0.278. The molecule has 0 spiro atoms. The number of hydrogen-bond donors (Lipinski definition) is 3. The maximum absolute atomic E-state index is 13.4. The van der Waals surface area contributed by atoms with Gasteiger partial charge >= 0.3 is 5.97 Å². The molecule has 2 heterocycles. The van der Waals surface area contributed by atoms with E-state index < -0.39 is 16.0 Å². The highest BCUT2D eigenvalue weighted by molar-refractivity contribution is 7.92. The average molecular weight is 654 g/mol. The summed E-state index contributed by atoms with van der Waals surface area (Å²) in [5, 5.41) is 14.0. The van der Waals surface area contributed by atoms with Gasteiger partial charge in [0, 0.05) is 29.6 Å². The first-order valence-corrected chi connectivity index (χ1v) is 16.8. The first-order chi connectivity index (χ1) is 22.3. The second-order valence-corrected chi connectivity index (χ2v) is 14.5. The summed E-state index contributed by atoms with van der Waals surface area (Å²) < 4.78 is 35.4. The minimum Gasteiger partial charge on any atom is -0.478 e. The molecule has 10 nitrogen and oxygen atoms in total. The van der Waals surface area contributed by atoms with Gasteiger partial charge in [-0.1, -0.05) is 69.3 Å². The summed E-state index contributed by atoms with van der Waals surface area (Å²) in [6.07, 6.45) is 0.787. The zero-order valence-corrected chi connectivity index (χ0v) is 27.9. The topological polar surface area (TPSA) is 143 Å². The summed E-state index contributed by atoms with van der Waals surface area (Å²) in [6, 6.07) is 24.6. The predicted molar refractivity (Wildman–Crippen MR) is 183 cm³/mol. The first-order valence-electron chi connectivity index (χ1n) is 15.3. The van der Waals surface area contributed by atoms with Crippen molar-refractivity contribution in [1.82, 2.24) is 20.3 Å². The normalized spacial score (nSPS) is 12.5. The van der Waals surface area contributed by atoms with Gasteiger partial charge in [-0.2, -0.15) is 4.98 Å². The number of fused-ring (bicyclic) bond motifs is 1. The van der Waals surface area contributed by atoms with Crippen LogP contribution in [0.2, 0.25) is 0 Å². The van der Waals surface area contributed by atoms with Crippen molar-refractivity contribution in [1.29, 1.82) is 0 Å². The molecule has 0 saturated heterocycles. The Kier molecular flexibility index (Phi) is 9.88. The summed E-state index contributed by atoms with van der Waals surface area (Å²) in [6.45, 7) is 11.2. The summed E-state index contributed by atoms with van der Waals surface area (Å²) in [5.74, 6) is -1.23. The number of carboxylic acids is 1. The van der Waals surface area contributed by atoms with Crippen molar-refractivity contribution >= 4 is 32.8 Å². The van der Waals surface area contributed by atoms with Crippen LogP contribution in [-0.4, -0.2) is 47.1 Å². The van der Waals surface area contributed by atoms with Gasteiger partial charge in [-0.3, -0.25) is 4.98 Å². The highest BCUT2D eigenvalue weighted by atomic mass is 32.2. The van der Waals surface area contributed by atoms with E-state index in [1.54, 1.807) is 6.07 Å². The molecule has 1 atom stereocenters. The number of aryl methyl sites for hydroxylation is 2. The summed E-state index contributed by atoms with van der Waals surface area (Å²) in [7, 11) is -4.23. The molecule has 0 bridgehead atoms. The Morgan fingerprint density at radius 3 is 2.34 bits per heavy atom. The molecule has 0 aliphatic rings. The van der Waals surface area contributed by atoms with E-state index in [0.29, 0.717) is 12.2 Å². The molecule has 244 valence electrons. The van der Waals surface area contributed by atoms with Crippen LogP contribution >= 0.6 is 0 Å². The van der Waals surface area contributed by atoms with E-state index in [2.05, 4.69) is 46.8 Å². The Morgan fingerprint density at radius 1 is 0.894 bits per heavy atom. The standard InChI is InChI=1S/C36H39N5O5S/c1-23-10-8-11-24(2)33(23)31-19-32(40-35(39-31)41-47(44,45)29-14-9-13-26(18-29)34(42)43)46-22-28(20-36(3,4)5)37-21-27-17-16-25-12-6-7-15-30(25)38-27/h6-19,28,37H,20-22H2,1-5H3,(H,42,43)(H,39,40,41)/t28-/m1/s1. The van der Waals surface area contributed by atoms with Gasteiger partial charge in [0.15, 0.2) is 0 Å². The number of anilines is 1. The second-order valence-electron chi connectivity index (χ2n) is 12.8. The highest BCUT2D eigenvalue weighted by Gasteiger charge is 2.22. The highest BCUT2D eigenvalue weighted by Crippen LogP contribution is 2.30. The monoisotopic (exact) mass is 653 g/mol. The molecule has 3 N–H and O–H groups in total. The zero-order chi connectivity index (χ0) is 33.8. The molecule has 0 unspecified atom stereocenters. The van der Waals surface area contributed by atoms with Gasteiger partial charge in [-0.05, 0) is 67.1 Å². The molecule has 5 aromatic rings. The Bertz CT molecular complexity index is 2000. The van der Waals surface area contributed by atoms with Gasteiger partial charge in [-0.15, -0.1) is 0 Å². The van der Waals surface area contributed by atoms with Crippen molar-refractivity contribution in [3.05, 3.63) is 107 Å². The largest absolute Gasteiger partial charge is 0.478 e. The lowest BCUT2D eigenvalue weighted by Crippen LogP contribution is -2.37. The van der Waals surface area contributed by atoms with Crippen LogP contribution in [0.4, 0.5) is 5.95 Å². The molecule has 11 heteroatoms. The molecule has 0 radical (unpaired) electrons. The van der Waals surface area contributed by atoms with Crippen molar-refractivity contribution in [2.75, 3.05) is 11.3 Å². The first kappa shape index (κ1) is 33.5. The van der Waals surface area contributed by atoms with E-state index in [4.69, 9.17) is 9.72 Å². The maximum Gasteiger partial charge on any atom is 0.335 e. The van der Waals surface area contributed by atoms with Crippen molar-refractivity contribution in [3.8, 4) is 17.1 Å². The number of sulfonamides is 1. The van der Waals surface area contributed by atoms with E-state index in [0.717, 1.165) is 45.8 Å². The molecule has 2 aromatic heterocycles. The Balaban J connectivity index is 1.43. The zero-order valence-electron chi connectivity index (χ0n) is 27.1. The fourth-order valence-corrected chi connectivity index (χ4v) is 6.43. The van der Waals surface area contributed by atoms with E-state index in [9.17, 15) is 18.3 Å².